The molecule has 0 N–H and O–H groups in total. The topological polar surface area (TPSA) is 35.5 Å². The number of unbranched alkanes of at least 4 members (excludes halogenated alkanes) is 5. The molecule has 1 fully saturated rings. The van der Waals surface area contributed by atoms with Crippen molar-refractivity contribution in [1.29, 1.82) is 0 Å². The zero-order valence-corrected chi connectivity index (χ0v) is 18.4. The Balaban J connectivity index is 1.50. The van der Waals surface area contributed by atoms with Crippen molar-refractivity contribution in [3.05, 3.63) is 42.5 Å². The fraction of sp³-hybridized carbons (Fsp3) is 0.654. The first-order valence-corrected chi connectivity index (χ1v) is 11.7. The van der Waals surface area contributed by atoms with E-state index in [-0.39, 0.29) is 5.97 Å². The summed E-state index contributed by atoms with van der Waals surface area (Å²) in [4.78, 5) is 10.9. The normalized spacial score (nSPS) is 18.9. The van der Waals surface area contributed by atoms with Gasteiger partial charge >= 0.3 is 5.97 Å². The fourth-order valence-electron chi connectivity index (χ4n) is 4.36. The van der Waals surface area contributed by atoms with Crippen LogP contribution in [0.5, 0.6) is 5.75 Å². The van der Waals surface area contributed by atoms with Crippen molar-refractivity contribution in [3.8, 4) is 5.75 Å². The minimum absolute atomic E-state index is 0.325. The largest absolute Gasteiger partial charge is 0.494 e. The van der Waals surface area contributed by atoms with Gasteiger partial charge in [0.2, 0.25) is 0 Å². The van der Waals surface area contributed by atoms with Gasteiger partial charge in [0.05, 0.1) is 13.2 Å². The Hall–Kier alpha value is -1.77. The molecule has 2 rings (SSSR count). The van der Waals surface area contributed by atoms with Crippen LogP contribution in [0.15, 0.2) is 36.9 Å². The van der Waals surface area contributed by atoms with Crippen molar-refractivity contribution in [2.24, 2.45) is 5.92 Å². The molecular formula is C26H40O3. The molecule has 0 aromatic heterocycles. The highest BCUT2D eigenvalue weighted by atomic mass is 16.5. The van der Waals surface area contributed by atoms with E-state index in [4.69, 9.17) is 9.47 Å². The summed E-state index contributed by atoms with van der Waals surface area (Å²) in [5.41, 5.74) is 1.49. The summed E-state index contributed by atoms with van der Waals surface area (Å²) in [7, 11) is 0. The van der Waals surface area contributed by atoms with E-state index in [0.29, 0.717) is 6.61 Å². The smallest absolute Gasteiger partial charge is 0.330 e. The molecule has 1 aliphatic rings. The fourth-order valence-corrected chi connectivity index (χ4v) is 4.36. The van der Waals surface area contributed by atoms with Gasteiger partial charge in [-0.15, -0.1) is 0 Å². The Morgan fingerprint density at radius 1 is 0.966 bits per heavy atom. The predicted molar refractivity (Wildman–Crippen MR) is 120 cm³/mol. The quantitative estimate of drug-likeness (QED) is 0.188. The van der Waals surface area contributed by atoms with E-state index < -0.39 is 0 Å². The molecule has 0 amide bonds. The third kappa shape index (κ3) is 9.51. The van der Waals surface area contributed by atoms with Crippen molar-refractivity contribution >= 4 is 5.97 Å². The highest BCUT2D eigenvalue weighted by molar-refractivity contribution is 5.81. The van der Waals surface area contributed by atoms with Gasteiger partial charge in [0, 0.05) is 6.08 Å². The number of carbonyl (C=O) groups excluding carboxylic acids is 1. The van der Waals surface area contributed by atoms with Gasteiger partial charge in [0.1, 0.15) is 5.75 Å². The summed E-state index contributed by atoms with van der Waals surface area (Å²) in [5.74, 6) is 2.39. The number of ether oxygens (including phenoxy) is 2. The highest BCUT2D eigenvalue weighted by Gasteiger charge is 2.21. The molecule has 0 heterocycles. The maximum Gasteiger partial charge on any atom is 0.330 e. The summed E-state index contributed by atoms with van der Waals surface area (Å²) in [6, 6.07) is 8.86. The van der Waals surface area contributed by atoms with Gasteiger partial charge in [-0.3, -0.25) is 0 Å². The zero-order valence-electron chi connectivity index (χ0n) is 18.4. The number of hydrogen-bond donors (Lipinski definition) is 0. The first-order valence-electron chi connectivity index (χ1n) is 11.7. The number of benzene rings is 1. The molecule has 1 aliphatic carbocycles. The van der Waals surface area contributed by atoms with Crippen LogP contribution < -0.4 is 4.74 Å². The van der Waals surface area contributed by atoms with Crippen LogP contribution in [0.1, 0.15) is 95.5 Å². The molecule has 29 heavy (non-hydrogen) atoms. The van der Waals surface area contributed by atoms with Gasteiger partial charge in [-0.25, -0.2) is 4.79 Å². The van der Waals surface area contributed by atoms with Crippen molar-refractivity contribution in [3.63, 3.8) is 0 Å². The van der Waals surface area contributed by atoms with E-state index in [0.717, 1.165) is 43.5 Å². The van der Waals surface area contributed by atoms with E-state index in [1.54, 1.807) is 0 Å². The Labute approximate surface area is 177 Å². The van der Waals surface area contributed by atoms with E-state index in [9.17, 15) is 4.79 Å². The molecular weight excluding hydrogens is 360 g/mol. The number of hydrogen-bond acceptors (Lipinski definition) is 3. The average Bonchev–Trinajstić information content (AvgIpc) is 2.76. The molecule has 3 nitrogen and oxygen atoms in total. The molecule has 1 saturated carbocycles. The zero-order chi connectivity index (χ0) is 20.7. The lowest BCUT2D eigenvalue weighted by Crippen LogP contribution is -2.13. The Morgan fingerprint density at radius 2 is 1.59 bits per heavy atom. The third-order valence-corrected chi connectivity index (χ3v) is 6.11. The second-order valence-electron chi connectivity index (χ2n) is 8.42. The van der Waals surface area contributed by atoms with E-state index in [1.807, 2.05) is 0 Å². The minimum Gasteiger partial charge on any atom is -0.494 e. The Bertz CT molecular complexity index is 570. The molecule has 0 radical (unpaired) electrons. The van der Waals surface area contributed by atoms with Crippen LogP contribution in [-0.4, -0.2) is 19.2 Å². The van der Waals surface area contributed by atoms with Crippen molar-refractivity contribution in [2.45, 2.75) is 89.9 Å². The first kappa shape index (κ1) is 23.5. The summed E-state index contributed by atoms with van der Waals surface area (Å²) >= 11 is 0. The third-order valence-electron chi connectivity index (χ3n) is 6.11. The molecule has 0 bridgehead atoms. The van der Waals surface area contributed by atoms with Gasteiger partial charge in [0.15, 0.2) is 0 Å². The molecule has 0 atom stereocenters. The second kappa shape index (κ2) is 14.3. The lowest BCUT2D eigenvalue weighted by Gasteiger charge is -2.28. The SMILES string of the molecule is C=CC(=O)OCCCCCCCCOc1ccc(C2CCC(CCC)CC2)cc1. The van der Waals surface area contributed by atoms with Crippen LogP contribution in [0.2, 0.25) is 0 Å². The second-order valence-corrected chi connectivity index (χ2v) is 8.42. The molecule has 1 aromatic carbocycles. The highest BCUT2D eigenvalue weighted by Crippen LogP contribution is 2.37. The summed E-state index contributed by atoms with van der Waals surface area (Å²) in [6.45, 7) is 6.98. The maximum atomic E-state index is 10.9. The van der Waals surface area contributed by atoms with Crippen LogP contribution >= 0.6 is 0 Å². The standard InChI is InChI=1S/C26H40O3/c1-3-11-22-12-14-23(15-13-22)24-16-18-25(19-17-24)28-20-9-7-5-6-8-10-21-29-26(27)4-2/h4,16-19,22-23H,2-3,5-15,20-21H2,1H3. The average molecular weight is 401 g/mol. The molecule has 1 aromatic rings. The lowest BCUT2D eigenvalue weighted by atomic mass is 9.77. The molecule has 0 unspecified atom stereocenters. The van der Waals surface area contributed by atoms with Crippen LogP contribution in [0, 0.1) is 5.92 Å². The molecule has 162 valence electrons. The Morgan fingerprint density at radius 3 is 2.21 bits per heavy atom. The van der Waals surface area contributed by atoms with Gasteiger partial charge in [-0.2, -0.15) is 0 Å². The number of rotatable bonds is 14. The maximum absolute atomic E-state index is 10.9. The molecule has 0 saturated heterocycles. The lowest BCUT2D eigenvalue weighted by molar-refractivity contribution is -0.137. The van der Waals surface area contributed by atoms with E-state index in [2.05, 4.69) is 37.8 Å². The van der Waals surface area contributed by atoms with E-state index in [1.165, 1.54) is 69.4 Å². The summed E-state index contributed by atoms with van der Waals surface area (Å²) < 4.78 is 10.9. The molecule has 0 spiro atoms. The van der Waals surface area contributed by atoms with Crippen molar-refractivity contribution < 1.29 is 14.3 Å². The summed E-state index contributed by atoms with van der Waals surface area (Å²) in [6.07, 6.45) is 16.1. The first-order chi connectivity index (χ1) is 14.2. The van der Waals surface area contributed by atoms with Gasteiger partial charge in [0.25, 0.3) is 0 Å². The monoisotopic (exact) mass is 400 g/mol. The summed E-state index contributed by atoms with van der Waals surface area (Å²) in [5, 5.41) is 0. The van der Waals surface area contributed by atoms with Crippen LogP contribution in [0.4, 0.5) is 0 Å². The predicted octanol–water partition coefficient (Wildman–Crippen LogP) is 7.21. The molecule has 3 heteroatoms. The van der Waals surface area contributed by atoms with E-state index >= 15 is 0 Å². The van der Waals surface area contributed by atoms with Crippen LogP contribution in [0.3, 0.4) is 0 Å². The van der Waals surface area contributed by atoms with Crippen molar-refractivity contribution in [2.75, 3.05) is 13.2 Å². The van der Waals surface area contributed by atoms with Crippen molar-refractivity contribution in [1.82, 2.24) is 0 Å². The van der Waals surface area contributed by atoms with Gasteiger partial charge in [-0.1, -0.05) is 64.2 Å². The number of carbonyl (C=O) groups is 1. The Kier molecular flexibility index (Phi) is 11.6. The number of esters is 1. The van der Waals surface area contributed by atoms with Crippen LogP contribution in [-0.2, 0) is 9.53 Å². The molecule has 0 aliphatic heterocycles. The van der Waals surface area contributed by atoms with Crippen LogP contribution in [0.25, 0.3) is 0 Å². The van der Waals surface area contributed by atoms with Gasteiger partial charge < -0.3 is 9.47 Å². The minimum atomic E-state index is -0.325. The van der Waals surface area contributed by atoms with Gasteiger partial charge in [-0.05, 0) is 68.1 Å².